The third-order valence-electron chi connectivity index (χ3n) is 4.03. The fourth-order valence-corrected chi connectivity index (χ4v) is 2.47. The Hall–Kier alpha value is -1.89. The van der Waals surface area contributed by atoms with Crippen molar-refractivity contribution in [2.45, 2.75) is 41.0 Å². The van der Waals surface area contributed by atoms with E-state index in [0.717, 1.165) is 11.6 Å². The first-order valence-electron chi connectivity index (χ1n) is 7.55. The Morgan fingerprint density at radius 2 is 1.86 bits per heavy atom. The van der Waals surface area contributed by atoms with Crippen LogP contribution in [0.3, 0.4) is 0 Å². The molecule has 0 radical (unpaired) electrons. The van der Waals surface area contributed by atoms with Gasteiger partial charge in [-0.05, 0) is 72.9 Å². The Kier molecular flexibility index (Phi) is 6.36. The highest BCUT2D eigenvalue weighted by Crippen LogP contribution is 2.16. The molecule has 0 aliphatic rings. The lowest BCUT2D eigenvalue weighted by Crippen LogP contribution is -2.27. The van der Waals surface area contributed by atoms with Gasteiger partial charge in [-0.2, -0.15) is 0 Å². The third-order valence-corrected chi connectivity index (χ3v) is 4.03. The van der Waals surface area contributed by atoms with E-state index in [9.17, 15) is 0 Å². The number of allylic oxidation sites excluding steroid dienone is 4. The molecule has 112 valence electrons. The van der Waals surface area contributed by atoms with Crippen molar-refractivity contribution >= 4 is 23.9 Å². The minimum absolute atomic E-state index is 0.995. The molecule has 0 saturated carbocycles. The van der Waals surface area contributed by atoms with E-state index in [0.29, 0.717) is 0 Å². The van der Waals surface area contributed by atoms with E-state index in [1.807, 2.05) is 13.3 Å². The molecule has 1 nitrogen and oxygen atoms in total. The normalized spacial score (nSPS) is 14.8. The van der Waals surface area contributed by atoms with Crippen LogP contribution in [-0.2, 0) is 6.42 Å². The summed E-state index contributed by atoms with van der Waals surface area (Å²) in [6.07, 6.45) is 7.19. The van der Waals surface area contributed by atoms with Gasteiger partial charge in [-0.1, -0.05) is 37.3 Å². The number of hydrogen-bond donors (Lipinski definition) is 0. The zero-order chi connectivity index (χ0) is 16.0. The van der Waals surface area contributed by atoms with Crippen molar-refractivity contribution in [3.8, 4) is 0 Å². The van der Waals surface area contributed by atoms with Crippen molar-refractivity contribution in [1.82, 2.24) is 0 Å². The van der Waals surface area contributed by atoms with Crippen molar-refractivity contribution < 1.29 is 0 Å². The molecule has 0 spiro atoms. The quantitative estimate of drug-likeness (QED) is 0.742. The van der Waals surface area contributed by atoms with E-state index in [-0.39, 0.29) is 0 Å². The van der Waals surface area contributed by atoms with E-state index in [4.69, 9.17) is 0 Å². The number of aliphatic imine (C=N–C) groups is 1. The predicted octanol–water partition coefficient (Wildman–Crippen LogP) is 3.90. The fourth-order valence-electron chi connectivity index (χ4n) is 2.47. The number of aryl methyl sites for hydroxylation is 1. The summed E-state index contributed by atoms with van der Waals surface area (Å²) in [5.41, 5.74) is 6.33. The molecular formula is C20H27N. The lowest BCUT2D eigenvalue weighted by Gasteiger charge is -2.11. The van der Waals surface area contributed by atoms with Crippen LogP contribution in [0.5, 0.6) is 0 Å². The summed E-state index contributed by atoms with van der Waals surface area (Å²) in [5.74, 6) is 0. The summed E-state index contributed by atoms with van der Waals surface area (Å²) < 4.78 is 0. The lowest BCUT2D eigenvalue weighted by atomic mass is 9.94. The molecule has 0 bridgehead atoms. The van der Waals surface area contributed by atoms with Crippen molar-refractivity contribution in [1.29, 1.82) is 0 Å². The first-order valence-corrected chi connectivity index (χ1v) is 7.55. The molecule has 0 atom stereocenters. The summed E-state index contributed by atoms with van der Waals surface area (Å²) >= 11 is 0. The van der Waals surface area contributed by atoms with Crippen LogP contribution in [0.25, 0.3) is 17.7 Å². The van der Waals surface area contributed by atoms with Gasteiger partial charge in [-0.3, -0.25) is 4.99 Å². The van der Waals surface area contributed by atoms with Gasteiger partial charge in [-0.15, -0.1) is 0 Å². The SMILES string of the molecule is C=c1cc(CC)c(/C(C=NC)=C/C)c/c1=C(C)/C(C)=C\C. The molecule has 0 amide bonds. The Morgan fingerprint density at radius 3 is 2.33 bits per heavy atom. The molecule has 0 heterocycles. The van der Waals surface area contributed by atoms with Crippen LogP contribution < -0.4 is 10.4 Å². The van der Waals surface area contributed by atoms with Crippen LogP contribution in [0.15, 0.2) is 34.9 Å². The Bertz CT molecular complexity index is 700. The van der Waals surface area contributed by atoms with Crippen LogP contribution in [0.1, 0.15) is 45.7 Å². The second-order valence-corrected chi connectivity index (χ2v) is 5.25. The molecule has 0 aliphatic heterocycles. The van der Waals surface area contributed by atoms with Gasteiger partial charge in [0.15, 0.2) is 0 Å². The molecule has 21 heavy (non-hydrogen) atoms. The molecule has 0 unspecified atom stereocenters. The van der Waals surface area contributed by atoms with Crippen molar-refractivity contribution in [2.24, 2.45) is 4.99 Å². The van der Waals surface area contributed by atoms with Crippen LogP contribution in [0, 0.1) is 0 Å². The second kappa shape index (κ2) is 7.78. The molecule has 1 heteroatoms. The maximum atomic E-state index is 4.24. The maximum Gasteiger partial charge on any atom is 0.0284 e. The Labute approximate surface area is 129 Å². The van der Waals surface area contributed by atoms with E-state index < -0.39 is 0 Å². The van der Waals surface area contributed by atoms with E-state index in [2.05, 4.69) is 70.5 Å². The molecule has 1 aromatic rings. The maximum absolute atomic E-state index is 4.24. The molecule has 0 saturated heterocycles. The number of hydrogen-bond acceptors (Lipinski definition) is 1. The highest BCUT2D eigenvalue weighted by molar-refractivity contribution is 6.10. The molecular weight excluding hydrogens is 254 g/mol. The minimum Gasteiger partial charge on any atom is -0.296 e. The van der Waals surface area contributed by atoms with Gasteiger partial charge in [0.2, 0.25) is 0 Å². The minimum atomic E-state index is 0.995. The molecule has 0 aromatic heterocycles. The Balaban J connectivity index is 3.79. The first-order chi connectivity index (χ1) is 9.99. The number of nitrogens with zero attached hydrogens (tertiary/aromatic N) is 1. The van der Waals surface area contributed by atoms with Crippen LogP contribution in [0.4, 0.5) is 0 Å². The Morgan fingerprint density at radius 1 is 1.19 bits per heavy atom. The van der Waals surface area contributed by atoms with Gasteiger partial charge in [0.05, 0.1) is 0 Å². The van der Waals surface area contributed by atoms with E-state index >= 15 is 0 Å². The van der Waals surface area contributed by atoms with E-state index in [1.54, 1.807) is 0 Å². The van der Waals surface area contributed by atoms with E-state index in [1.165, 1.54) is 33.1 Å². The van der Waals surface area contributed by atoms with Crippen LogP contribution in [0.2, 0.25) is 0 Å². The molecule has 1 rings (SSSR count). The van der Waals surface area contributed by atoms with Gasteiger partial charge in [0.1, 0.15) is 0 Å². The topological polar surface area (TPSA) is 12.4 Å². The number of rotatable bonds is 4. The highest BCUT2D eigenvalue weighted by atomic mass is 14.6. The summed E-state index contributed by atoms with van der Waals surface area (Å²) in [5, 5.41) is 2.32. The van der Waals surface area contributed by atoms with Crippen molar-refractivity contribution in [2.75, 3.05) is 7.05 Å². The van der Waals surface area contributed by atoms with Gasteiger partial charge >= 0.3 is 0 Å². The average Bonchev–Trinajstić information content (AvgIpc) is 2.50. The molecule has 0 N–H and O–H groups in total. The van der Waals surface area contributed by atoms with Gasteiger partial charge < -0.3 is 0 Å². The summed E-state index contributed by atoms with van der Waals surface area (Å²) in [4.78, 5) is 4.18. The van der Waals surface area contributed by atoms with Gasteiger partial charge in [0.25, 0.3) is 0 Å². The number of benzene rings is 1. The van der Waals surface area contributed by atoms with Crippen LogP contribution >= 0.6 is 0 Å². The van der Waals surface area contributed by atoms with Crippen molar-refractivity contribution in [3.05, 3.63) is 51.4 Å². The third kappa shape index (κ3) is 3.81. The fraction of sp³-hybridized carbons (Fsp3) is 0.350. The monoisotopic (exact) mass is 281 g/mol. The summed E-state index contributed by atoms with van der Waals surface area (Å²) in [6, 6.07) is 4.48. The van der Waals surface area contributed by atoms with Gasteiger partial charge in [0, 0.05) is 13.3 Å². The molecule has 0 aliphatic carbocycles. The smallest absolute Gasteiger partial charge is 0.0284 e. The highest BCUT2D eigenvalue weighted by Gasteiger charge is 2.06. The average molecular weight is 281 g/mol. The lowest BCUT2D eigenvalue weighted by molar-refractivity contribution is 1.12. The largest absolute Gasteiger partial charge is 0.296 e. The zero-order valence-electron chi connectivity index (χ0n) is 14.2. The summed E-state index contributed by atoms with van der Waals surface area (Å²) in [6.45, 7) is 14.9. The standard InChI is InChI=1S/C20H27N/c1-8-14(4)16(6)19-12-20(18(10-3)13-21-7)17(9-2)11-15(19)5/h8,10-13H,5,9H2,1-4,6-7H3/b14-8-,18-10+,19-16-,21-13?. The second-order valence-electron chi connectivity index (χ2n) is 5.25. The first kappa shape index (κ1) is 17.2. The molecule has 1 aromatic carbocycles. The summed E-state index contributed by atoms with van der Waals surface area (Å²) in [7, 11) is 1.81. The van der Waals surface area contributed by atoms with Gasteiger partial charge in [-0.25, -0.2) is 0 Å². The molecule has 0 fully saturated rings. The van der Waals surface area contributed by atoms with Crippen LogP contribution in [-0.4, -0.2) is 13.3 Å². The van der Waals surface area contributed by atoms with Crippen molar-refractivity contribution in [3.63, 3.8) is 0 Å². The predicted molar refractivity (Wildman–Crippen MR) is 97.2 cm³/mol. The zero-order valence-corrected chi connectivity index (χ0v) is 14.2.